The van der Waals surface area contributed by atoms with Crippen molar-refractivity contribution in [2.75, 3.05) is 0 Å². The fourth-order valence-electron chi connectivity index (χ4n) is 3.03. The van der Waals surface area contributed by atoms with Crippen molar-refractivity contribution in [3.63, 3.8) is 0 Å². The number of benzene rings is 2. The summed E-state index contributed by atoms with van der Waals surface area (Å²) in [5.74, 6) is 0. The number of halogens is 2. The monoisotopic (exact) mass is 405 g/mol. The van der Waals surface area contributed by atoms with Gasteiger partial charge in [-0.05, 0) is 28.4 Å². The van der Waals surface area contributed by atoms with E-state index in [2.05, 4.69) is 77.9 Å². The smallest absolute Gasteiger partial charge is 1.00 e. The van der Waals surface area contributed by atoms with Crippen LogP contribution in [0.4, 0.5) is 0 Å². The van der Waals surface area contributed by atoms with Crippen molar-refractivity contribution < 1.29 is 35.6 Å². The van der Waals surface area contributed by atoms with Gasteiger partial charge in [-0.1, -0.05) is 65.3 Å². The van der Waals surface area contributed by atoms with Gasteiger partial charge < -0.3 is 9.41 Å². The fourth-order valence-corrected chi connectivity index (χ4v) is 3.03. The first-order chi connectivity index (χ1) is 9.66. The summed E-state index contributed by atoms with van der Waals surface area (Å²) in [5, 5.41) is 0. The van der Waals surface area contributed by atoms with Gasteiger partial charge in [0.15, 0.2) is 0 Å². The minimum absolute atomic E-state index is 0. The van der Waals surface area contributed by atoms with E-state index in [0.717, 1.165) is 6.42 Å². The van der Waals surface area contributed by atoms with Crippen LogP contribution in [0, 0.1) is 6.07 Å². The van der Waals surface area contributed by atoms with Crippen LogP contribution < -0.4 is 9.41 Å². The standard InChI is InChI=1S/C21H25.2FH.Zr/c1-20(2,3)16-7-9-18-14(12-16)11-15-13-17(21(4,5)6)8-10-19(15)18;;;/h7-10,12H,11H2,1-6H3;2*1H;/q-1;;;+3/p-2. The van der Waals surface area contributed by atoms with E-state index in [9.17, 15) is 0 Å². The van der Waals surface area contributed by atoms with Crippen LogP contribution in [0.2, 0.25) is 0 Å². The summed E-state index contributed by atoms with van der Waals surface area (Å²) >= 11 is 0. The molecule has 0 bridgehead atoms. The molecular formula is C21H25F2Zr. The molecule has 0 unspecified atom stereocenters. The molecule has 0 N–H and O–H groups in total. The Balaban J connectivity index is 0.00000176. The van der Waals surface area contributed by atoms with E-state index in [0.29, 0.717) is 0 Å². The van der Waals surface area contributed by atoms with Crippen LogP contribution in [0.25, 0.3) is 11.1 Å². The summed E-state index contributed by atoms with van der Waals surface area (Å²) in [6, 6.07) is 15.2. The molecule has 0 saturated carbocycles. The number of rotatable bonds is 0. The second-order valence-corrected chi connectivity index (χ2v) is 8.31. The zero-order valence-electron chi connectivity index (χ0n) is 15.3. The molecule has 1 radical (unpaired) electrons. The second kappa shape index (κ2) is 7.60. The van der Waals surface area contributed by atoms with Gasteiger partial charge in [-0.2, -0.15) is 23.8 Å². The minimum Gasteiger partial charge on any atom is -1.00 e. The summed E-state index contributed by atoms with van der Waals surface area (Å²) in [7, 11) is 0. The van der Waals surface area contributed by atoms with E-state index in [4.69, 9.17) is 0 Å². The third-order valence-corrected chi connectivity index (χ3v) is 4.46. The maximum Gasteiger partial charge on any atom is 3.00 e. The Morgan fingerprint density at radius 2 is 1.38 bits per heavy atom. The largest absolute Gasteiger partial charge is 3.00 e. The van der Waals surface area contributed by atoms with Crippen molar-refractivity contribution in [2.45, 2.75) is 58.8 Å². The number of hydrogen-bond acceptors (Lipinski definition) is 0. The van der Waals surface area contributed by atoms with Gasteiger partial charge in [0.2, 0.25) is 0 Å². The van der Waals surface area contributed by atoms with E-state index in [1.165, 1.54) is 33.4 Å². The Hall–Kier alpha value is -0.817. The molecular weight excluding hydrogens is 381 g/mol. The van der Waals surface area contributed by atoms with Gasteiger partial charge in [0.1, 0.15) is 0 Å². The van der Waals surface area contributed by atoms with E-state index in [-0.39, 0.29) is 46.4 Å². The van der Waals surface area contributed by atoms with Crippen LogP contribution in [-0.2, 0) is 43.5 Å². The number of fused-ring (bicyclic) bond motifs is 3. The first-order valence-corrected chi connectivity index (χ1v) is 7.86. The maximum absolute atomic E-state index is 3.67. The van der Waals surface area contributed by atoms with Crippen molar-refractivity contribution in [3.05, 3.63) is 58.7 Å². The maximum atomic E-state index is 3.67. The van der Waals surface area contributed by atoms with Gasteiger partial charge in [-0.3, -0.25) is 0 Å². The van der Waals surface area contributed by atoms with E-state index in [1.807, 2.05) is 0 Å². The molecule has 3 heteroatoms. The third-order valence-electron chi connectivity index (χ3n) is 4.46. The van der Waals surface area contributed by atoms with Gasteiger partial charge >= 0.3 is 26.2 Å². The number of hydrogen-bond donors (Lipinski definition) is 0. The summed E-state index contributed by atoms with van der Waals surface area (Å²) in [6.07, 6.45) is 1.03. The summed E-state index contributed by atoms with van der Waals surface area (Å²) in [5.41, 5.74) is 8.70. The van der Waals surface area contributed by atoms with E-state index >= 15 is 0 Å². The predicted molar refractivity (Wildman–Crippen MR) is 90.9 cm³/mol. The van der Waals surface area contributed by atoms with Crippen LogP contribution in [-0.4, -0.2) is 0 Å². The second-order valence-electron chi connectivity index (χ2n) is 8.31. The molecule has 0 aromatic heterocycles. The summed E-state index contributed by atoms with van der Waals surface area (Å²) in [6.45, 7) is 13.6. The Labute approximate surface area is 163 Å². The van der Waals surface area contributed by atoms with Gasteiger partial charge in [-0.15, -0.1) is 11.1 Å². The molecule has 0 atom stereocenters. The van der Waals surface area contributed by atoms with Crippen molar-refractivity contribution in [1.82, 2.24) is 0 Å². The molecule has 0 aliphatic heterocycles. The quantitative estimate of drug-likeness (QED) is 0.448. The van der Waals surface area contributed by atoms with Gasteiger partial charge in [0, 0.05) is 0 Å². The average Bonchev–Trinajstić information content (AvgIpc) is 2.73. The summed E-state index contributed by atoms with van der Waals surface area (Å²) in [4.78, 5) is 0. The van der Waals surface area contributed by atoms with Gasteiger partial charge in [0.25, 0.3) is 0 Å². The molecule has 0 saturated heterocycles. The molecule has 0 heterocycles. The molecule has 2 aromatic carbocycles. The zero-order chi connectivity index (χ0) is 15.4. The Morgan fingerprint density at radius 3 is 1.92 bits per heavy atom. The molecule has 1 aliphatic rings. The summed E-state index contributed by atoms with van der Waals surface area (Å²) < 4.78 is 0. The van der Waals surface area contributed by atoms with Crippen molar-refractivity contribution in [3.8, 4) is 11.1 Å². The molecule has 0 fully saturated rings. The molecule has 127 valence electrons. The molecule has 0 spiro atoms. The Bertz CT molecular complexity index is 645. The first-order valence-electron chi connectivity index (χ1n) is 7.86. The molecule has 0 nitrogen and oxygen atoms in total. The SMILES string of the molecule is CC(C)(C)c1[c-]c2c(cc1)-c1ccc(C(C)(C)C)cc1C2.[F-].[F-].[Zr+3]. The topological polar surface area (TPSA) is 0 Å². The van der Waals surface area contributed by atoms with Crippen LogP contribution in [0.1, 0.15) is 63.8 Å². The zero-order valence-corrected chi connectivity index (χ0v) is 17.8. The molecule has 0 amide bonds. The molecule has 2 aromatic rings. The Morgan fingerprint density at radius 1 is 0.792 bits per heavy atom. The van der Waals surface area contributed by atoms with Crippen molar-refractivity contribution in [2.24, 2.45) is 0 Å². The molecule has 24 heavy (non-hydrogen) atoms. The van der Waals surface area contributed by atoms with E-state index in [1.54, 1.807) is 0 Å². The van der Waals surface area contributed by atoms with Crippen molar-refractivity contribution >= 4 is 0 Å². The van der Waals surface area contributed by atoms with Gasteiger partial charge in [-0.25, -0.2) is 0 Å². The normalized spacial score (nSPS) is 12.2. The van der Waals surface area contributed by atoms with Gasteiger partial charge in [0.05, 0.1) is 0 Å². The van der Waals surface area contributed by atoms with Crippen LogP contribution in [0.3, 0.4) is 0 Å². The minimum atomic E-state index is 0. The average molecular weight is 407 g/mol. The Kier molecular flexibility index (Phi) is 7.34. The van der Waals surface area contributed by atoms with E-state index < -0.39 is 0 Å². The predicted octanol–water partition coefficient (Wildman–Crippen LogP) is -0.342. The molecule has 3 rings (SSSR count). The third kappa shape index (κ3) is 4.23. The van der Waals surface area contributed by atoms with Crippen LogP contribution in [0.15, 0.2) is 30.3 Å². The molecule has 1 aliphatic carbocycles. The van der Waals surface area contributed by atoms with Crippen LogP contribution in [0.5, 0.6) is 0 Å². The first kappa shape index (κ1) is 23.2. The van der Waals surface area contributed by atoms with Crippen molar-refractivity contribution in [1.29, 1.82) is 0 Å². The fraction of sp³-hybridized carbons (Fsp3) is 0.429. The van der Waals surface area contributed by atoms with Crippen LogP contribution >= 0.6 is 0 Å².